The highest BCUT2D eigenvalue weighted by atomic mass is 15.2. The van der Waals surface area contributed by atoms with Crippen LogP contribution in [0, 0.1) is 0 Å². The molecule has 1 heteroatoms. The monoisotopic (exact) mass is 123 g/mol. The van der Waals surface area contributed by atoms with E-state index in [-0.39, 0.29) is 0 Å². The van der Waals surface area contributed by atoms with Gasteiger partial charge in [0.2, 0.25) is 0 Å². The van der Waals surface area contributed by atoms with Gasteiger partial charge in [0.05, 0.1) is 0 Å². The molecule has 2 heterocycles. The first kappa shape index (κ1) is 5.48. The van der Waals surface area contributed by atoms with Crippen LogP contribution in [0.15, 0.2) is 12.2 Å². The second-order valence-electron chi connectivity index (χ2n) is 3.13. The van der Waals surface area contributed by atoms with Gasteiger partial charge in [-0.3, -0.25) is 4.90 Å². The summed E-state index contributed by atoms with van der Waals surface area (Å²) >= 11 is 0. The standard InChI is InChI=1S/C8H13N/c1-9-7-3-2-4-8(9)6-5-7/h2-3,7-8H,4-6H2,1H3/t7-,8+/m1/s1. The van der Waals surface area contributed by atoms with Crippen LogP contribution < -0.4 is 0 Å². The average Bonchev–Trinajstić information content (AvgIpc) is 2.19. The van der Waals surface area contributed by atoms with Crippen LogP contribution in [0.5, 0.6) is 0 Å². The molecule has 0 unspecified atom stereocenters. The second kappa shape index (κ2) is 1.84. The Balaban J connectivity index is 2.22. The molecule has 2 bridgehead atoms. The highest BCUT2D eigenvalue weighted by Gasteiger charge is 2.29. The molecule has 2 rings (SSSR count). The van der Waals surface area contributed by atoms with Crippen molar-refractivity contribution in [2.75, 3.05) is 7.05 Å². The van der Waals surface area contributed by atoms with Crippen molar-refractivity contribution in [3.8, 4) is 0 Å². The maximum atomic E-state index is 2.50. The van der Waals surface area contributed by atoms with Crippen LogP contribution in [0.2, 0.25) is 0 Å². The Morgan fingerprint density at radius 3 is 3.00 bits per heavy atom. The molecule has 0 aromatic carbocycles. The van der Waals surface area contributed by atoms with Crippen LogP contribution in [-0.4, -0.2) is 24.0 Å². The van der Waals surface area contributed by atoms with Gasteiger partial charge in [-0.05, 0) is 26.3 Å². The SMILES string of the molecule is CN1[C@H]2CC=C[C@@H]1CC2. The minimum Gasteiger partial charge on any atom is -0.297 e. The summed E-state index contributed by atoms with van der Waals surface area (Å²) in [5, 5.41) is 0. The Morgan fingerprint density at radius 2 is 2.33 bits per heavy atom. The first-order chi connectivity index (χ1) is 4.38. The van der Waals surface area contributed by atoms with E-state index in [1.807, 2.05) is 0 Å². The number of hydrogen-bond acceptors (Lipinski definition) is 1. The van der Waals surface area contributed by atoms with Crippen molar-refractivity contribution < 1.29 is 0 Å². The molecular formula is C8H13N. The molecule has 0 aromatic heterocycles. The summed E-state index contributed by atoms with van der Waals surface area (Å²) in [7, 11) is 2.24. The van der Waals surface area contributed by atoms with Crippen LogP contribution in [0.1, 0.15) is 19.3 Å². The van der Waals surface area contributed by atoms with E-state index < -0.39 is 0 Å². The predicted molar refractivity (Wildman–Crippen MR) is 38.3 cm³/mol. The molecule has 0 aliphatic carbocycles. The molecule has 0 aromatic rings. The van der Waals surface area contributed by atoms with Crippen LogP contribution in [0.25, 0.3) is 0 Å². The maximum absolute atomic E-state index is 2.50. The topological polar surface area (TPSA) is 3.24 Å². The summed E-state index contributed by atoms with van der Waals surface area (Å²) in [6, 6.07) is 1.66. The molecule has 0 saturated carbocycles. The van der Waals surface area contributed by atoms with E-state index >= 15 is 0 Å². The van der Waals surface area contributed by atoms with Gasteiger partial charge in [0.15, 0.2) is 0 Å². The minimum atomic E-state index is 0.781. The van der Waals surface area contributed by atoms with Crippen molar-refractivity contribution in [1.29, 1.82) is 0 Å². The van der Waals surface area contributed by atoms with Crippen LogP contribution >= 0.6 is 0 Å². The van der Waals surface area contributed by atoms with Gasteiger partial charge in [0, 0.05) is 12.1 Å². The highest BCUT2D eigenvalue weighted by Crippen LogP contribution is 2.29. The van der Waals surface area contributed by atoms with Gasteiger partial charge in [0.25, 0.3) is 0 Å². The van der Waals surface area contributed by atoms with Gasteiger partial charge in [-0.25, -0.2) is 0 Å². The Hall–Kier alpha value is -0.300. The Kier molecular flexibility index (Phi) is 1.12. The van der Waals surface area contributed by atoms with E-state index in [1.54, 1.807) is 0 Å². The van der Waals surface area contributed by atoms with E-state index in [9.17, 15) is 0 Å². The molecule has 0 amide bonds. The Labute approximate surface area is 56.4 Å². The van der Waals surface area contributed by atoms with Crippen LogP contribution in [-0.2, 0) is 0 Å². The van der Waals surface area contributed by atoms with Gasteiger partial charge >= 0.3 is 0 Å². The summed E-state index contributed by atoms with van der Waals surface area (Å²) in [6.45, 7) is 0. The molecule has 2 aliphatic heterocycles. The van der Waals surface area contributed by atoms with Crippen LogP contribution in [0.3, 0.4) is 0 Å². The van der Waals surface area contributed by atoms with Crippen molar-refractivity contribution in [2.24, 2.45) is 0 Å². The first-order valence-corrected chi connectivity index (χ1v) is 3.76. The maximum Gasteiger partial charge on any atom is 0.0278 e. The van der Waals surface area contributed by atoms with Gasteiger partial charge in [-0.15, -0.1) is 0 Å². The quantitative estimate of drug-likeness (QED) is 0.440. The summed E-state index contributed by atoms with van der Waals surface area (Å²) in [6.07, 6.45) is 8.77. The molecule has 1 fully saturated rings. The number of rotatable bonds is 0. The fourth-order valence-electron chi connectivity index (χ4n) is 1.95. The average molecular weight is 123 g/mol. The highest BCUT2D eigenvalue weighted by molar-refractivity contribution is 5.06. The molecule has 1 nitrogen and oxygen atoms in total. The van der Waals surface area contributed by atoms with Crippen molar-refractivity contribution in [3.63, 3.8) is 0 Å². The third-order valence-corrected chi connectivity index (χ3v) is 2.66. The molecule has 0 N–H and O–H groups in total. The van der Waals surface area contributed by atoms with E-state index in [2.05, 4.69) is 24.1 Å². The largest absolute Gasteiger partial charge is 0.297 e. The van der Waals surface area contributed by atoms with Gasteiger partial charge in [0.1, 0.15) is 0 Å². The second-order valence-corrected chi connectivity index (χ2v) is 3.13. The number of likely N-dealkylation sites (N-methyl/N-ethyl adjacent to an activating group) is 1. The van der Waals surface area contributed by atoms with Crippen molar-refractivity contribution >= 4 is 0 Å². The lowest BCUT2D eigenvalue weighted by molar-refractivity contribution is 0.260. The minimum absolute atomic E-state index is 0.781. The Morgan fingerprint density at radius 1 is 1.44 bits per heavy atom. The van der Waals surface area contributed by atoms with Crippen molar-refractivity contribution in [2.45, 2.75) is 31.3 Å². The summed E-state index contributed by atoms with van der Waals surface area (Å²) in [5.74, 6) is 0. The molecular weight excluding hydrogens is 110 g/mol. The lowest BCUT2D eigenvalue weighted by Gasteiger charge is -2.26. The summed E-state index contributed by atoms with van der Waals surface area (Å²) in [4.78, 5) is 2.50. The molecule has 1 saturated heterocycles. The van der Waals surface area contributed by atoms with Crippen molar-refractivity contribution in [3.05, 3.63) is 12.2 Å². The van der Waals surface area contributed by atoms with Gasteiger partial charge in [-0.2, -0.15) is 0 Å². The van der Waals surface area contributed by atoms with Crippen molar-refractivity contribution in [1.82, 2.24) is 4.90 Å². The lowest BCUT2D eigenvalue weighted by Crippen LogP contribution is -2.33. The van der Waals surface area contributed by atoms with Crippen LogP contribution in [0.4, 0.5) is 0 Å². The Bertz CT molecular complexity index is 140. The summed E-state index contributed by atoms with van der Waals surface area (Å²) < 4.78 is 0. The molecule has 0 spiro atoms. The zero-order chi connectivity index (χ0) is 6.27. The zero-order valence-electron chi connectivity index (χ0n) is 5.88. The lowest BCUT2D eigenvalue weighted by atomic mass is 10.1. The number of hydrogen-bond donors (Lipinski definition) is 0. The normalized spacial score (nSPS) is 41.9. The smallest absolute Gasteiger partial charge is 0.0278 e. The fraction of sp³-hybridized carbons (Fsp3) is 0.750. The zero-order valence-corrected chi connectivity index (χ0v) is 5.88. The fourth-order valence-corrected chi connectivity index (χ4v) is 1.95. The third kappa shape index (κ3) is 0.715. The third-order valence-electron chi connectivity index (χ3n) is 2.66. The molecule has 2 aliphatic rings. The summed E-state index contributed by atoms with van der Waals surface area (Å²) in [5.41, 5.74) is 0. The molecule has 50 valence electrons. The number of nitrogens with zero attached hydrogens (tertiary/aromatic N) is 1. The predicted octanol–water partition coefficient (Wildman–Crippen LogP) is 1.41. The molecule has 0 radical (unpaired) electrons. The van der Waals surface area contributed by atoms with E-state index in [0.29, 0.717) is 0 Å². The van der Waals surface area contributed by atoms with E-state index in [1.165, 1.54) is 19.3 Å². The first-order valence-electron chi connectivity index (χ1n) is 3.76. The van der Waals surface area contributed by atoms with Gasteiger partial charge in [-0.1, -0.05) is 12.2 Å². The van der Waals surface area contributed by atoms with Gasteiger partial charge < -0.3 is 0 Å². The molecule has 2 atom stereocenters. The van der Waals surface area contributed by atoms with E-state index in [4.69, 9.17) is 0 Å². The van der Waals surface area contributed by atoms with E-state index in [0.717, 1.165) is 12.1 Å². The molecule has 9 heavy (non-hydrogen) atoms. The number of fused-ring (bicyclic) bond motifs is 2.